The number of hydrogen-bond acceptors (Lipinski definition) is 6. The highest BCUT2D eigenvalue weighted by atomic mass is 32.1. The van der Waals surface area contributed by atoms with Crippen molar-refractivity contribution in [2.45, 2.75) is 38.3 Å². The summed E-state index contributed by atoms with van der Waals surface area (Å²) < 4.78 is 7.14. The minimum absolute atomic E-state index is 0.0401. The van der Waals surface area contributed by atoms with Crippen molar-refractivity contribution in [1.29, 1.82) is 0 Å². The van der Waals surface area contributed by atoms with Gasteiger partial charge in [0.05, 0.1) is 37.4 Å². The molecule has 0 saturated heterocycles. The number of aromatic nitrogens is 4. The first kappa shape index (κ1) is 20.0. The molecular formula is C23H25N5O2S. The average Bonchev–Trinajstić information content (AvgIpc) is 3.43. The van der Waals surface area contributed by atoms with Crippen molar-refractivity contribution >= 4 is 21.6 Å². The van der Waals surface area contributed by atoms with Gasteiger partial charge in [0, 0.05) is 35.6 Å². The largest absolute Gasteiger partial charge is 0.496 e. The highest BCUT2D eigenvalue weighted by Crippen LogP contribution is 2.33. The van der Waals surface area contributed by atoms with Crippen LogP contribution >= 0.6 is 11.3 Å². The van der Waals surface area contributed by atoms with Crippen molar-refractivity contribution in [3.05, 3.63) is 75.2 Å². The molecule has 7 nitrogen and oxygen atoms in total. The minimum atomic E-state index is 0.0401. The lowest BCUT2D eigenvalue weighted by Crippen LogP contribution is -2.35. The van der Waals surface area contributed by atoms with Crippen molar-refractivity contribution < 1.29 is 4.74 Å². The fourth-order valence-corrected chi connectivity index (χ4v) is 5.59. The number of nitrogens with one attached hydrogen (secondary N) is 2. The van der Waals surface area contributed by atoms with Gasteiger partial charge in [0.1, 0.15) is 10.6 Å². The Balaban J connectivity index is 1.35. The number of benzene rings is 1. The maximum atomic E-state index is 13.3. The summed E-state index contributed by atoms with van der Waals surface area (Å²) in [5, 5.41) is 4.45. The fourth-order valence-electron chi connectivity index (χ4n) is 4.34. The van der Waals surface area contributed by atoms with Gasteiger partial charge in [-0.1, -0.05) is 18.2 Å². The Labute approximate surface area is 184 Å². The van der Waals surface area contributed by atoms with Gasteiger partial charge in [0.2, 0.25) is 0 Å². The van der Waals surface area contributed by atoms with Gasteiger partial charge in [-0.3, -0.25) is 9.36 Å². The highest BCUT2D eigenvalue weighted by Gasteiger charge is 2.25. The van der Waals surface area contributed by atoms with Gasteiger partial charge in [0.15, 0.2) is 0 Å². The van der Waals surface area contributed by atoms with Crippen LogP contribution in [0.25, 0.3) is 10.2 Å². The van der Waals surface area contributed by atoms with E-state index in [9.17, 15) is 4.79 Å². The van der Waals surface area contributed by atoms with Crippen molar-refractivity contribution in [3.8, 4) is 5.75 Å². The van der Waals surface area contributed by atoms with E-state index < -0.39 is 0 Å². The van der Waals surface area contributed by atoms with Crippen LogP contribution in [0.2, 0.25) is 0 Å². The van der Waals surface area contributed by atoms with Crippen LogP contribution in [0.4, 0.5) is 0 Å². The molecule has 5 rings (SSSR count). The zero-order chi connectivity index (χ0) is 21.2. The van der Waals surface area contributed by atoms with Crippen LogP contribution in [-0.2, 0) is 25.8 Å². The summed E-state index contributed by atoms with van der Waals surface area (Å²) in [5.41, 5.74) is 3.28. The van der Waals surface area contributed by atoms with Crippen molar-refractivity contribution in [2.75, 3.05) is 13.7 Å². The van der Waals surface area contributed by atoms with E-state index in [4.69, 9.17) is 4.74 Å². The zero-order valence-electron chi connectivity index (χ0n) is 17.4. The number of hydrogen-bond donors (Lipinski definition) is 2. The van der Waals surface area contributed by atoms with E-state index >= 15 is 0 Å². The first-order valence-electron chi connectivity index (χ1n) is 10.6. The van der Waals surface area contributed by atoms with Crippen LogP contribution in [0, 0.1) is 0 Å². The van der Waals surface area contributed by atoms with Crippen LogP contribution < -0.4 is 15.6 Å². The fraction of sp³-hybridized carbons (Fsp3) is 0.348. The van der Waals surface area contributed by atoms with E-state index in [1.165, 1.54) is 10.4 Å². The Morgan fingerprint density at radius 1 is 1.32 bits per heavy atom. The Kier molecular flexibility index (Phi) is 5.57. The second-order valence-electron chi connectivity index (χ2n) is 7.88. The number of H-pyrrole nitrogens is 1. The van der Waals surface area contributed by atoms with E-state index in [0.717, 1.165) is 59.5 Å². The molecule has 1 unspecified atom stereocenters. The van der Waals surface area contributed by atoms with Crippen molar-refractivity contribution in [3.63, 3.8) is 0 Å². The van der Waals surface area contributed by atoms with E-state index in [1.807, 2.05) is 30.5 Å². The number of aromatic amines is 1. The molecule has 1 aromatic carbocycles. The van der Waals surface area contributed by atoms with Crippen molar-refractivity contribution in [1.82, 2.24) is 24.8 Å². The molecule has 4 aromatic rings. The smallest absolute Gasteiger partial charge is 0.262 e. The number of methoxy groups -OCH3 is 1. The molecule has 8 heteroatoms. The lowest BCUT2D eigenvalue weighted by Gasteiger charge is -2.23. The third-order valence-electron chi connectivity index (χ3n) is 5.94. The Bertz CT molecular complexity index is 1240. The predicted octanol–water partition coefficient (Wildman–Crippen LogP) is 2.93. The first-order valence-corrected chi connectivity index (χ1v) is 11.4. The molecule has 2 N–H and O–H groups in total. The van der Waals surface area contributed by atoms with Crippen LogP contribution in [0.1, 0.15) is 28.1 Å². The van der Waals surface area contributed by atoms with Gasteiger partial charge in [-0.05, 0) is 30.9 Å². The SMILES string of the molecule is COc1ccccc1Cn1cnc2sc3c(c2c1=O)CCC(NCCc1c[nH]cn1)C3. The monoisotopic (exact) mass is 435 g/mol. The molecule has 0 fully saturated rings. The van der Waals surface area contributed by atoms with Gasteiger partial charge in [0.25, 0.3) is 5.56 Å². The molecule has 160 valence electrons. The third kappa shape index (κ3) is 4.00. The second kappa shape index (κ2) is 8.64. The molecule has 0 radical (unpaired) electrons. The second-order valence-corrected chi connectivity index (χ2v) is 8.96. The lowest BCUT2D eigenvalue weighted by atomic mass is 9.93. The van der Waals surface area contributed by atoms with Crippen molar-refractivity contribution in [2.24, 2.45) is 0 Å². The van der Waals surface area contributed by atoms with Gasteiger partial charge in [-0.25, -0.2) is 9.97 Å². The van der Waals surface area contributed by atoms with Gasteiger partial charge >= 0.3 is 0 Å². The van der Waals surface area contributed by atoms with Gasteiger partial charge in [-0.2, -0.15) is 0 Å². The normalized spacial score (nSPS) is 15.8. The Morgan fingerprint density at radius 3 is 3.06 bits per heavy atom. The zero-order valence-corrected chi connectivity index (χ0v) is 18.2. The molecular weight excluding hydrogens is 410 g/mol. The van der Waals surface area contributed by atoms with Crippen LogP contribution in [0.15, 0.2) is 47.9 Å². The number of thiophene rings is 1. The molecule has 0 saturated carbocycles. The minimum Gasteiger partial charge on any atom is -0.496 e. The number of nitrogens with zero attached hydrogens (tertiary/aromatic N) is 3. The summed E-state index contributed by atoms with van der Waals surface area (Å²) in [5.74, 6) is 0.783. The maximum Gasteiger partial charge on any atom is 0.262 e. The summed E-state index contributed by atoms with van der Waals surface area (Å²) in [4.78, 5) is 27.4. The molecule has 1 aliphatic rings. The quantitative estimate of drug-likeness (QED) is 0.466. The van der Waals surface area contributed by atoms with E-state index in [2.05, 4.69) is 20.3 Å². The molecule has 0 aliphatic heterocycles. The predicted molar refractivity (Wildman–Crippen MR) is 122 cm³/mol. The molecule has 0 amide bonds. The summed E-state index contributed by atoms with van der Waals surface area (Å²) >= 11 is 1.67. The first-order chi connectivity index (χ1) is 15.2. The number of fused-ring (bicyclic) bond motifs is 3. The van der Waals surface area contributed by atoms with E-state index in [-0.39, 0.29) is 5.56 Å². The average molecular weight is 436 g/mol. The van der Waals surface area contributed by atoms with Crippen LogP contribution in [0.3, 0.4) is 0 Å². The summed E-state index contributed by atoms with van der Waals surface area (Å²) in [6.07, 6.45) is 9.11. The number of ether oxygens (including phenoxy) is 1. The molecule has 1 atom stereocenters. The third-order valence-corrected chi connectivity index (χ3v) is 7.10. The number of imidazole rings is 1. The summed E-state index contributed by atoms with van der Waals surface area (Å²) in [6, 6.07) is 8.22. The lowest BCUT2D eigenvalue weighted by molar-refractivity contribution is 0.408. The standard InChI is InChI=1S/C23H25N5O2S/c1-30-19-5-3-2-4-15(19)12-28-14-27-22-21(23(28)29)18-7-6-16(10-20(18)31-22)25-9-8-17-11-24-13-26-17/h2-5,11,13-14,16,25H,6-10,12H2,1H3,(H,24,26). The molecule has 31 heavy (non-hydrogen) atoms. The van der Waals surface area contributed by atoms with Crippen LogP contribution in [-0.4, -0.2) is 39.2 Å². The number of rotatable bonds is 7. The number of para-hydroxylation sites is 1. The Morgan fingerprint density at radius 2 is 2.23 bits per heavy atom. The van der Waals surface area contributed by atoms with Crippen LogP contribution in [0.5, 0.6) is 5.75 Å². The van der Waals surface area contributed by atoms with Gasteiger partial charge < -0.3 is 15.0 Å². The molecule has 0 bridgehead atoms. The summed E-state index contributed by atoms with van der Waals surface area (Å²) in [7, 11) is 1.65. The molecule has 1 aliphatic carbocycles. The topological polar surface area (TPSA) is 84.8 Å². The Hall–Kier alpha value is -2.97. The van der Waals surface area contributed by atoms with E-state index in [1.54, 1.807) is 35.7 Å². The molecule has 3 aromatic heterocycles. The highest BCUT2D eigenvalue weighted by molar-refractivity contribution is 7.18. The summed E-state index contributed by atoms with van der Waals surface area (Å²) in [6.45, 7) is 1.35. The molecule has 0 spiro atoms. The van der Waals surface area contributed by atoms with E-state index in [0.29, 0.717) is 12.6 Å². The van der Waals surface area contributed by atoms with Gasteiger partial charge in [-0.15, -0.1) is 11.3 Å². The number of aryl methyl sites for hydroxylation is 1. The maximum absolute atomic E-state index is 13.3. The molecule has 3 heterocycles.